The number of carboxylic acid groups (broad SMARTS) is 2. The predicted octanol–water partition coefficient (Wildman–Crippen LogP) is 1.74. The Kier molecular flexibility index (Phi) is 6.78. The van der Waals surface area contributed by atoms with Crippen LogP contribution >= 0.6 is 0 Å². The van der Waals surface area contributed by atoms with Crippen LogP contribution in [0.1, 0.15) is 22.6 Å². The van der Waals surface area contributed by atoms with Gasteiger partial charge in [0.1, 0.15) is 5.76 Å². The van der Waals surface area contributed by atoms with E-state index in [1.54, 1.807) is 0 Å². The molecule has 22 heavy (non-hydrogen) atoms. The Morgan fingerprint density at radius 2 is 1.68 bits per heavy atom. The highest BCUT2D eigenvalue weighted by atomic mass is 16.5. The van der Waals surface area contributed by atoms with Crippen molar-refractivity contribution in [1.82, 2.24) is 10.5 Å². The minimum Gasteiger partial charge on any atom is -0.473 e. The smallest absolute Gasteiger partial charge is 0.414 e. The number of nitrogens with one attached hydrogen (secondary N) is 1. The van der Waals surface area contributed by atoms with Crippen molar-refractivity contribution in [3.63, 3.8) is 0 Å². The largest absolute Gasteiger partial charge is 0.473 e. The van der Waals surface area contributed by atoms with Crippen LogP contribution in [0.5, 0.6) is 0 Å². The molecule has 1 aromatic heterocycles. The molecule has 0 unspecified atom stereocenters. The second-order valence-electron chi connectivity index (χ2n) is 4.50. The molecule has 0 spiro atoms. The van der Waals surface area contributed by atoms with Crippen LogP contribution in [0.15, 0.2) is 34.9 Å². The first-order valence-electron chi connectivity index (χ1n) is 6.54. The normalized spacial score (nSPS) is 9.73. The Labute approximate surface area is 127 Å². The van der Waals surface area contributed by atoms with Crippen LogP contribution in [-0.4, -0.2) is 27.3 Å². The van der Waals surface area contributed by atoms with Crippen LogP contribution in [0.2, 0.25) is 0 Å². The molecule has 0 aliphatic heterocycles. The molecular weight excluding hydrogens is 288 g/mol. The summed E-state index contributed by atoms with van der Waals surface area (Å²) in [7, 11) is 0. The molecule has 0 bridgehead atoms. The summed E-state index contributed by atoms with van der Waals surface area (Å²) >= 11 is 0. The minimum atomic E-state index is -1.82. The number of rotatable bonds is 4. The van der Waals surface area contributed by atoms with Gasteiger partial charge in [0.2, 0.25) is 0 Å². The van der Waals surface area contributed by atoms with Crippen molar-refractivity contribution >= 4 is 11.9 Å². The fraction of sp³-hybridized carbons (Fsp3) is 0.267. The highest BCUT2D eigenvalue weighted by Gasteiger charge is 2.07. The third kappa shape index (κ3) is 5.76. The van der Waals surface area contributed by atoms with E-state index >= 15 is 0 Å². The average Bonchev–Trinajstić information content (AvgIpc) is 2.80. The fourth-order valence-corrected chi connectivity index (χ4v) is 1.68. The molecule has 7 nitrogen and oxygen atoms in total. The van der Waals surface area contributed by atoms with Crippen molar-refractivity contribution in [3.05, 3.63) is 52.9 Å². The Hall–Kier alpha value is -2.67. The van der Waals surface area contributed by atoms with Gasteiger partial charge in [-0.25, -0.2) is 9.59 Å². The van der Waals surface area contributed by atoms with Gasteiger partial charge in [-0.1, -0.05) is 35.5 Å². The number of nitrogens with zero attached hydrogens (tertiary/aromatic N) is 1. The highest BCUT2D eigenvalue weighted by Crippen LogP contribution is 2.11. The zero-order valence-corrected chi connectivity index (χ0v) is 12.4. The van der Waals surface area contributed by atoms with Crippen molar-refractivity contribution in [2.24, 2.45) is 0 Å². The molecule has 0 saturated heterocycles. The number of benzene rings is 1. The number of aryl methyl sites for hydroxylation is 2. The maximum absolute atomic E-state index is 9.10. The van der Waals surface area contributed by atoms with Gasteiger partial charge in [-0.2, -0.15) is 0 Å². The van der Waals surface area contributed by atoms with Crippen LogP contribution in [-0.2, 0) is 22.7 Å². The summed E-state index contributed by atoms with van der Waals surface area (Å²) < 4.78 is 5.11. The first-order chi connectivity index (χ1) is 10.4. The van der Waals surface area contributed by atoms with E-state index in [0.717, 1.165) is 30.1 Å². The van der Waals surface area contributed by atoms with Gasteiger partial charge in [0.25, 0.3) is 0 Å². The molecule has 0 aliphatic rings. The van der Waals surface area contributed by atoms with Gasteiger partial charge < -0.3 is 20.1 Å². The molecule has 0 aliphatic carbocycles. The van der Waals surface area contributed by atoms with Crippen molar-refractivity contribution < 1.29 is 24.3 Å². The number of hydrogen-bond donors (Lipinski definition) is 3. The van der Waals surface area contributed by atoms with E-state index < -0.39 is 11.9 Å². The fourth-order valence-electron chi connectivity index (χ4n) is 1.68. The summed E-state index contributed by atoms with van der Waals surface area (Å²) in [5.74, 6) is -2.75. The van der Waals surface area contributed by atoms with E-state index in [4.69, 9.17) is 24.3 Å². The second kappa shape index (κ2) is 8.58. The van der Waals surface area contributed by atoms with Crippen molar-refractivity contribution in [2.75, 3.05) is 0 Å². The van der Waals surface area contributed by atoms with E-state index in [0.29, 0.717) is 0 Å². The number of carboxylic acids is 2. The molecule has 0 amide bonds. The van der Waals surface area contributed by atoms with E-state index in [1.165, 1.54) is 5.56 Å². The van der Waals surface area contributed by atoms with E-state index in [2.05, 4.69) is 22.6 Å². The van der Waals surface area contributed by atoms with Gasteiger partial charge in [-0.3, -0.25) is 0 Å². The molecule has 0 fully saturated rings. The van der Waals surface area contributed by atoms with Crippen molar-refractivity contribution in [1.29, 1.82) is 0 Å². The van der Waals surface area contributed by atoms with Crippen molar-refractivity contribution in [2.45, 2.75) is 26.9 Å². The van der Waals surface area contributed by atoms with Gasteiger partial charge >= 0.3 is 11.9 Å². The Balaban J connectivity index is 0.000000346. The van der Waals surface area contributed by atoms with Gasteiger partial charge in [0.05, 0.1) is 5.69 Å². The lowest BCUT2D eigenvalue weighted by atomic mass is 10.2. The summed E-state index contributed by atoms with van der Waals surface area (Å²) in [5, 5.41) is 22.1. The molecular formula is C15H18N2O5. The zero-order valence-electron chi connectivity index (χ0n) is 12.4. The van der Waals surface area contributed by atoms with Gasteiger partial charge in [0.15, 0.2) is 0 Å². The quantitative estimate of drug-likeness (QED) is 0.737. The number of aromatic nitrogens is 1. The summed E-state index contributed by atoms with van der Waals surface area (Å²) in [6.07, 6.45) is 0. The van der Waals surface area contributed by atoms with Crippen molar-refractivity contribution in [3.8, 4) is 0 Å². The van der Waals surface area contributed by atoms with Crippen LogP contribution in [0.3, 0.4) is 0 Å². The minimum absolute atomic E-state index is 0.802. The first kappa shape index (κ1) is 17.4. The Bertz CT molecular complexity index is 591. The van der Waals surface area contributed by atoms with Gasteiger partial charge in [-0.15, -0.1) is 0 Å². The maximum Gasteiger partial charge on any atom is 0.414 e. The molecule has 118 valence electrons. The molecule has 2 aromatic rings. The molecule has 2 rings (SSSR count). The SMILES string of the molecule is Cc1noc(C)c1CNCc1ccccc1.O=C(O)C(=O)O. The van der Waals surface area contributed by atoms with Gasteiger partial charge in [0, 0.05) is 18.7 Å². The molecule has 7 heteroatoms. The van der Waals surface area contributed by atoms with E-state index in [9.17, 15) is 0 Å². The summed E-state index contributed by atoms with van der Waals surface area (Å²) in [5.41, 5.74) is 3.42. The van der Waals surface area contributed by atoms with Crippen LogP contribution < -0.4 is 5.32 Å². The predicted molar refractivity (Wildman–Crippen MR) is 78.2 cm³/mol. The number of aliphatic carboxylic acids is 2. The first-order valence-corrected chi connectivity index (χ1v) is 6.54. The topological polar surface area (TPSA) is 113 Å². The molecule has 1 heterocycles. The lowest BCUT2D eigenvalue weighted by Crippen LogP contribution is -2.13. The number of carbonyl (C=O) groups is 2. The van der Waals surface area contributed by atoms with Crippen LogP contribution in [0.4, 0.5) is 0 Å². The third-order valence-electron chi connectivity index (χ3n) is 2.84. The highest BCUT2D eigenvalue weighted by molar-refractivity contribution is 6.27. The van der Waals surface area contributed by atoms with Crippen LogP contribution in [0.25, 0.3) is 0 Å². The average molecular weight is 306 g/mol. The summed E-state index contributed by atoms with van der Waals surface area (Å²) in [6.45, 7) is 5.58. The van der Waals surface area contributed by atoms with Crippen LogP contribution in [0, 0.1) is 13.8 Å². The summed E-state index contributed by atoms with van der Waals surface area (Å²) in [4.78, 5) is 18.2. The molecule has 3 N–H and O–H groups in total. The molecule has 1 aromatic carbocycles. The maximum atomic E-state index is 9.10. The Morgan fingerprint density at radius 1 is 1.09 bits per heavy atom. The monoisotopic (exact) mass is 306 g/mol. The third-order valence-corrected chi connectivity index (χ3v) is 2.84. The lowest BCUT2D eigenvalue weighted by molar-refractivity contribution is -0.159. The summed E-state index contributed by atoms with van der Waals surface area (Å²) in [6, 6.07) is 10.3. The molecule has 0 atom stereocenters. The zero-order chi connectivity index (χ0) is 16.5. The lowest BCUT2D eigenvalue weighted by Gasteiger charge is -2.04. The standard InChI is InChI=1S/C13H16N2O.C2H2O4/c1-10-13(11(2)16-15-10)9-14-8-12-6-4-3-5-7-12;3-1(4)2(5)6/h3-7,14H,8-9H2,1-2H3;(H,3,4)(H,5,6). The Morgan fingerprint density at radius 3 is 2.14 bits per heavy atom. The van der Waals surface area contributed by atoms with E-state index in [-0.39, 0.29) is 0 Å². The number of hydrogen-bond acceptors (Lipinski definition) is 5. The van der Waals surface area contributed by atoms with Gasteiger partial charge in [-0.05, 0) is 19.4 Å². The molecule has 0 radical (unpaired) electrons. The van der Waals surface area contributed by atoms with E-state index in [1.807, 2.05) is 32.0 Å². The molecule has 0 saturated carbocycles. The second-order valence-corrected chi connectivity index (χ2v) is 4.50.